The fraction of sp³-hybridized carbons (Fsp3) is 0.926. The molecule has 0 bridgehead atoms. The van der Waals surface area contributed by atoms with Gasteiger partial charge in [0.1, 0.15) is 17.3 Å². The van der Waals surface area contributed by atoms with Crippen LogP contribution in [0.2, 0.25) is 0 Å². The molecule has 31 heavy (non-hydrogen) atoms. The highest BCUT2D eigenvalue weighted by molar-refractivity contribution is 5.47. The van der Waals surface area contributed by atoms with Gasteiger partial charge in [-0.1, -0.05) is 60.0 Å². The summed E-state index contributed by atoms with van der Waals surface area (Å²) in [6, 6.07) is 0. The molecule has 3 N–H and O–H groups in total. The Bertz CT molecular complexity index is 762. The second kappa shape index (κ2) is 7.04. The van der Waals surface area contributed by atoms with Gasteiger partial charge < -0.3 is 20.1 Å². The van der Waals surface area contributed by atoms with Crippen LogP contribution >= 0.6 is 0 Å². The smallest absolute Gasteiger partial charge is 0.124 e. The number of aliphatic hydroxyl groups excluding tert-OH is 2. The minimum atomic E-state index is -1.31. The fourth-order valence-electron chi connectivity index (χ4n) is 9.00. The van der Waals surface area contributed by atoms with Gasteiger partial charge in [-0.2, -0.15) is 0 Å². The lowest BCUT2D eigenvalue weighted by Crippen LogP contribution is -2.69. The zero-order valence-electron chi connectivity index (χ0n) is 20.2. The van der Waals surface area contributed by atoms with Crippen LogP contribution in [0.3, 0.4) is 0 Å². The summed E-state index contributed by atoms with van der Waals surface area (Å²) in [5.74, 6) is 2.63. The van der Waals surface area contributed by atoms with E-state index in [1.807, 2.05) is 6.08 Å². The molecule has 1 heterocycles. The van der Waals surface area contributed by atoms with E-state index in [-0.39, 0.29) is 17.9 Å². The molecule has 0 aromatic carbocycles. The Balaban J connectivity index is 1.45. The zero-order valence-corrected chi connectivity index (χ0v) is 20.2. The summed E-state index contributed by atoms with van der Waals surface area (Å²) in [5, 5.41) is 33.1. The molecule has 3 saturated carbocycles. The van der Waals surface area contributed by atoms with Gasteiger partial charge >= 0.3 is 0 Å². The average Bonchev–Trinajstić information content (AvgIpc) is 3.30. The molecule has 0 unspecified atom stereocenters. The van der Waals surface area contributed by atoms with Crippen LogP contribution < -0.4 is 0 Å². The predicted octanol–water partition coefficient (Wildman–Crippen LogP) is 4.61. The van der Waals surface area contributed by atoms with Gasteiger partial charge in [0.25, 0.3) is 0 Å². The first kappa shape index (κ1) is 22.4. The van der Waals surface area contributed by atoms with Crippen molar-refractivity contribution in [3.63, 3.8) is 0 Å². The first-order valence-corrected chi connectivity index (χ1v) is 13.0. The van der Waals surface area contributed by atoms with Crippen LogP contribution in [0.5, 0.6) is 0 Å². The molecule has 4 fully saturated rings. The largest absolute Gasteiger partial charge is 0.393 e. The maximum atomic E-state index is 11.7. The molecule has 4 heteroatoms. The van der Waals surface area contributed by atoms with Crippen LogP contribution in [-0.4, -0.2) is 44.8 Å². The Labute approximate surface area is 188 Å². The molecule has 0 amide bonds. The van der Waals surface area contributed by atoms with E-state index >= 15 is 0 Å². The van der Waals surface area contributed by atoms with Crippen molar-refractivity contribution in [2.75, 3.05) is 0 Å². The molecule has 0 aromatic rings. The molecular formula is C27H44O4. The number of epoxide rings is 1. The van der Waals surface area contributed by atoms with E-state index in [1.54, 1.807) is 0 Å². The van der Waals surface area contributed by atoms with Crippen molar-refractivity contribution < 1.29 is 20.1 Å². The van der Waals surface area contributed by atoms with Crippen LogP contribution in [0.1, 0.15) is 92.4 Å². The van der Waals surface area contributed by atoms with E-state index in [2.05, 4.69) is 34.6 Å². The van der Waals surface area contributed by atoms with Gasteiger partial charge in [-0.3, -0.25) is 0 Å². The van der Waals surface area contributed by atoms with Gasteiger partial charge in [0.05, 0.1) is 12.2 Å². The summed E-state index contributed by atoms with van der Waals surface area (Å²) in [6.45, 7) is 11.7. The van der Waals surface area contributed by atoms with E-state index in [1.165, 1.54) is 37.7 Å². The highest BCUT2D eigenvalue weighted by atomic mass is 16.6. The standard InChI is InChI=1S/C27H44O4/c1-16(2)7-6-8-17(3)19-9-10-20-21-13-22(29)26(30)14-18(28)11-12-25(26,5)27(21)23(31-27)15-24(19,20)4/h13,16-20,22-23,28-30H,6-12,14-15H2,1-5H3/t17-,18+,19-,20+,22-,23-,24-,25+,26+,27+/m1/s1. The first-order chi connectivity index (χ1) is 14.5. The molecule has 5 aliphatic rings. The van der Waals surface area contributed by atoms with Gasteiger partial charge in [0.15, 0.2) is 0 Å². The van der Waals surface area contributed by atoms with Crippen molar-refractivity contribution in [1.82, 2.24) is 0 Å². The molecule has 1 spiro atoms. The highest BCUT2D eigenvalue weighted by Gasteiger charge is 2.82. The average molecular weight is 433 g/mol. The topological polar surface area (TPSA) is 73.2 Å². The van der Waals surface area contributed by atoms with Crippen LogP contribution in [0, 0.1) is 34.5 Å². The summed E-state index contributed by atoms with van der Waals surface area (Å²) >= 11 is 0. The van der Waals surface area contributed by atoms with Gasteiger partial charge in [-0.15, -0.1) is 0 Å². The first-order valence-electron chi connectivity index (χ1n) is 13.0. The second-order valence-electron chi connectivity index (χ2n) is 12.8. The SMILES string of the molecule is CC(C)CCC[C@@H](C)[C@H]1CC[C@H]2C3=C[C@@H](O)[C@@]4(O)C[C@@H](O)CC[C@]4(C)[C@]34O[C@@H]4C[C@]12C. The maximum absolute atomic E-state index is 11.7. The Morgan fingerprint density at radius 1 is 1.06 bits per heavy atom. The number of ether oxygens (including phenoxy) is 1. The van der Waals surface area contributed by atoms with Crippen molar-refractivity contribution in [2.45, 2.75) is 122 Å². The van der Waals surface area contributed by atoms with Crippen LogP contribution in [0.25, 0.3) is 0 Å². The van der Waals surface area contributed by atoms with Gasteiger partial charge in [-0.25, -0.2) is 0 Å². The molecule has 10 atom stereocenters. The number of fused-ring (bicyclic) bond motifs is 3. The molecule has 1 saturated heterocycles. The van der Waals surface area contributed by atoms with Crippen molar-refractivity contribution in [3.8, 4) is 0 Å². The monoisotopic (exact) mass is 432 g/mol. The minimum Gasteiger partial charge on any atom is -0.393 e. The quantitative estimate of drug-likeness (QED) is 0.438. The summed E-state index contributed by atoms with van der Waals surface area (Å²) in [7, 11) is 0. The number of hydrogen-bond donors (Lipinski definition) is 3. The molecule has 0 aromatic heterocycles. The van der Waals surface area contributed by atoms with E-state index in [0.29, 0.717) is 30.6 Å². The molecule has 176 valence electrons. The summed E-state index contributed by atoms with van der Waals surface area (Å²) in [4.78, 5) is 0. The minimum absolute atomic E-state index is 0.141. The Morgan fingerprint density at radius 3 is 2.52 bits per heavy atom. The van der Waals surface area contributed by atoms with E-state index < -0.39 is 28.8 Å². The molecular weight excluding hydrogens is 388 g/mol. The lowest BCUT2D eigenvalue weighted by atomic mass is 9.45. The molecule has 1 aliphatic heterocycles. The van der Waals surface area contributed by atoms with Crippen LogP contribution in [-0.2, 0) is 4.74 Å². The highest BCUT2D eigenvalue weighted by Crippen LogP contribution is 2.76. The Morgan fingerprint density at radius 2 is 1.81 bits per heavy atom. The predicted molar refractivity (Wildman–Crippen MR) is 121 cm³/mol. The van der Waals surface area contributed by atoms with E-state index in [0.717, 1.165) is 12.3 Å². The summed E-state index contributed by atoms with van der Waals surface area (Å²) < 4.78 is 6.61. The number of hydrogen-bond acceptors (Lipinski definition) is 4. The van der Waals surface area contributed by atoms with Gasteiger partial charge in [0, 0.05) is 11.8 Å². The zero-order chi connectivity index (χ0) is 22.4. The third kappa shape index (κ3) is 2.80. The van der Waals surface area contributed by atoms with E-state index in [9.17, 15) is 15.3 Å². The van der Waals surface area contributed by atoms with Gasteiger partial charge in [-0.05, 0) is 66.8 Å². The van der Waals surface area contributed by atoms with Crippen LogP contribution in [0.4, 0.5) is 0 Å². The molecule has 5 rings (SSSR count). The molecule has 4 aliphatic carbocycles. The normalized spacial score (nSPS) is 53.8. The van der Waals surface area contributed by atoms with Crippen LogP contribution in [0.15, 0.2) is 11.6 Å². The lowest BCUT2D eigenvalue weighted by molar-refractivity contribution is -0.210. The number of aliphatic hydroxyl groups is 3. The molecule has 4 nitrogen and oxygen atoms in total. The number of rotatable bonds is 5. The van der Waals surface area contributed by atoms with Crippen molar-refractivity contribution >= 4 is 0 Å². The second-order valence-corrected chi connectivity index (χ2v) is 12.8. The summed E-state index contributed by atoms with van der Waals surface area (Å²) in [6.07, 6.45) is 9.68. The fourth-order valence-corrected chi connectivity index (χ4v) is 9.00. The van der Waals surface area contributed by atoms with Crippen molar-refractivity contribution in [2.24, 2.45) is 34.5 Å². The van der Waals surface area contributed by atoms with E-state index in [4.69, 9.17) is 4.74 Å². The Hall–Kier alpha value is -0.420. The lowest BCUT2D eigenvalue weighted by Gasteiger charge is -2.60. The Kier molecular flexibility index (Phi) is 5.08. The third-order valence-corrected chi connectivity index (χ3v) is 10.8. The van der Waals surface area contributed by atoms with Crippen molar-refractivity contribution in [1.29, 1.82) is 0 Å². The van der Waals surface area contributed by atoms with Crippen molar-refractivity contribution in [3.05, 3.63) is 11.6 Å². The maximum Gasteiger partial charge on any atom is 0.124 e. The molecule has 0 radical (unpaired) electrons. The third-order valence-electron chi connectivity index (χ3n) is 10.8. The van der Waals surface area contributed by atoms with Gasteiger partial charge in [0.2, 0.25) is 0 Å². The summed E-state index contributed by atoms with van der Waals surface area (Å²) in [5.41, 5.74) is -0.762.